The van der Waals surface area contributed by atoms with Gasteiger partial charge in [0.05, 0.1) is 18.8 Å². The van der Waals surface area contributed by atoms with Crippen LogP contribution in [0.2, 0.25) is 0 Å². The minimum Gasteiger partial charge on any atom is -0.372 e. The molecular weight excluding hydrogens is 280 g/mol. The lowest BCUT2D eigenvalue weighted by atomic mass is 10.0. The Morgan fingerprint density at radius 2 is 2.36 bits per heavy atom. The molecule has 2 amide bonds. The Hall–Kier alpha value is -1.56. The van der Waals surface area contributed by atoms with Crippen LogP contribution >= 0.6 is 0 Å². The van der Waals surface area contributed by atoms with Gasteiger partial charge in [-0.1, -0.05) is 13.8 Å². The van der Waals surface area contributed by atoms with Crippen molar-refractivity contribution in [2.75, 3.05) is 26.2 Å². The number of urea groups is 1. The molecular formula is C16H28N4O2. The van der Waals surface area contributed by atoms with Gasteiger partial charge in [-0.2, -0.15) is 0 Å². The summed E-state index contributed by atoms with van der Waals surface area (Å²) in [6.07, 6.45) is 4.69. The lowest BCUT2D eigenvalue weighted by Crippen LogP contribution is -2.54. The Morgan fingerprint density at radius 1 is 1.59 bits per heavy atom. The number of imidazole rings is 1. The van der Waals surface area contributed by atoms with E-state index < -0.39 is 0 Å². The normalized spacial score (nSPS) is 23.4. The van der Waals surface area contributed by atoms with Crippen LogP contribution in [0.25, 0.3) is 0 Å². The summed E-state index contributed by atoms with van der Waals surface area (Å²) >= 11 is 0. The number of hydrogen-bond acceptors (Lipinski definition) is 3. The van der Waals surface area contributed by atoms with Crippen molar-refractivity contribution >= 4 is 6.03 Å². The van der Waals surface area contributed by atoms with Gasteiger partial charge in [-0.15, -0.1) is 0 Å². The fourth-order valence-electron chi connectivity index (χ4n) is 2.69. The topological polar surface area (TPSA) is 59.4 Å². The molecule has 6 nitrogen and oxygen atoms in total. The standard InChI is InChI=1S/C16H28N4O2/c1-5-16(4)12-20(8-9-22-16)15(21)18-10-13(2)11-19-7-6-17-14(19)3/h6-7,13H,5,8-12H2,1-4H3,(H,18,21). The van der Waals surface area contributed by atoms with Gasteiger partial charge in [-0.3, -0.25) is 0 Å². The zero-order valence-corrected chi connectivity index (χ0v) is 14.1. The van der Waals surface area contributed by atoms with Gasteiger partial charge in [-0.25, -0.2) is 9.78 Å². The SMILES string of the molecule is CCC1(C)CN(C(=O)NCC(C)Cn2ccnc2C)CCO1. The van der Waals surface area contributed by atoms with Crippen LogP contribution < -0.4 is 5.32 Å². The highest BCUT2D eigenvalue weighted by Crippen LogP contribution is 2.20. The highest BCUT2D eigenvalue weighted by atomic mass is 16.5. The van der Waals surface area contributed by atoms with E-state index in [-0.39, 0.29) is 11.6 Å². The van der Waals surface area contributed by atoms with Gasteiger partial charge in [-0.05, 0) is 26.2 Å². The number of aromatic nitrogens is 2. The Labute approximate surface area is 132 Å². The van der Waals surface area contributed by atoms with E-state index in [0.717, 1.165) is 18.8 Å². The summed E-state index contributed by atoms with van der Waals surface area (Å²) in [7, 11) is 0. The first kappa shape index (κ1) is 16.8. The predicted octanol–water partition coefficient (Wildman–Crippen LogP) is 2.04. The van der Waals surface area contributed by atoms with E-state index in [2.05, 4.69) is 35.6 Å². The van der Waals surface area contributed by atoms with Crippen molar-refractivity contribution in [2.45, 2.75) is 46.3 Å². The van der Waals surface area contributed by atoms with Gasteiger partial charge in [0, 0.05) is 32.0 Å². The third-order valence-electron chi connectivity index (χ3n) is 4.41. The molecule has 6 heteroatoms. The smallest absolute Gasteiger partial charge is 0.317 e. The molecule has 2 atom stereocenters. The number of carbonyl (C=O) groups is 1. The van der Waals surface area contributed by atoms with Crippen LogP contribution in [-0.4, -0.2) is 52.3 Å². The summed E-state index contributed by atoms with van der Waals surface area (Å²) in [6, 6.07) is 0.0113. The van der Waals surface area contributed by atoms with E-state index >= 15 is 0 Å². The van der Waals surface area contributed by atoms with Gasteiger partial charge < -0.3 is 19.5 Å². The zero-order valence-electron chi connectivity index (χ0n) is 14.1. The summed E-state index contributed by atoms with van der Waals surface area (Å²) in [6.45, 7) is 11.7. The number of morpholine rings is 1. The third-order valence-corrected chi connectivity index (χ3v) is 4.41. The fraction of sp³-hybridized carbons (Fsp3) is 0.750. The van der Waals surface area contributed by atoms with Crippen molar-refractivity contribution in [3.8, 4) is 0 Å². The quantitative estimate of drug-likeness (QED) is 0.905. The van der Waals surface area contributed by atoms with Crippen LogP contribution in [-0.2, 0) is 11.3 Å². The average Bonchev–Trinajstić information content (AvgIpc) is 2.90. The first-order valence-electron chi connectivity index (χ1n) is 8.08. The minimum absolute atomic E-state index is 0.0113. The number of carbonyl (C=O) groups excluding carboxylic acids is 1. The molecule has 0 saturated carbocycles. The number of nitrogens with zero attached hydrogens (tertiary/aromatic N) is 3. The van der Waals surface area contributed by atoms with Gasteiger partial charge in [0.15, 0.2) is 0 Å². The summed E-state index contributed by atoms with van der Waals surface area (Å²) in [5.41, 5.74) is -0.213. The van der Waals surface area contributed by atoms with Gasteiger partial charge in [0.25, 0.3) is 0 Å². The first-order valence-corrected chi connectivity index (χ1v) is 8.08. The third kappa shape index (κ3) is 4.22. The maximum absolute atomic E-state index is 12.3. The molecule has 124 valence electrons. The zero-order chi connectivity index (χ0) is 16.2. The summed E-state index contributed by atoms with van der Waals surface area (Å²) in [4.78, 5) is 18.4. The number of rotatable bonds is 5. The molecule has 1 aliphatic heterocycles. The van der Waals surface area contributed by atoms with Crippen molar-refractivity contribution in [3.63, 3.8) is 0 Å². The van der Waals surface area contributed by atoms with Crippen LogP contribution in [0.15, 0.2) is 12.4 Å². The van der Waals surface area contributed by atoms with Crippen molar-refractivity contribution in [3.05, 3.63) is 18.2 Å². The molecule has 1 N–H and O–H groups in total. The lowest BCUT2D eigenvalue weighted by molar-refractivity contribution is -0.0873. The maximum atomic E-state index is 12.3. The van der Waals surface area contributed by atoms with Crippen molar-refractivity contribution in [1.82, 2.24) is 19.8 Å². The molecule has 1 aromatic rings. The van der Waals surface area contributed by atoms with E-state index in [9.17, 15) is 4.79 Å². The molecule has 0 bridgehead atoms. The molecule has 22 heavy (non-hydrogen) atoms. The van der Waals surface area contributed by atoms with Crippen molar-refractivity contribution in [1.29, 1.82) is 0 Å². The molecule has 2 unspecified atom stereocenters. The number of aryl methyl sites for hydroxylation is 1. The Balaban J connectivity index is 1.78. The van der Waals surface area contributed by atoms with E-state index in [1.54, 1.807) is 6.20 Å². The molecule has 1 fully saturated rings. The molecule has 2 heterocycles. The fourth-order valence-corrected chi connectivity index (χ4v) is 2.69. The number of nitrogens with one attached hydrogen (secondary N) is 1. The highest BCUT2D eigenvalue weighted by molar-refractivity contribution is 5.74. The van der Waals surface area contributed by atoms with E-state index in [0.29, 0.717) is 32.2 Å². The lowest BCUT2D eigenvalue weighted by Gasteiger charge is -2.40. The second-order valence-electron chi connectivity index (χ2n) is 6.49. The van der Waals surface area contributed by atoms with E-state index in [4.69, 9.17) is 4.74 Å². The number of ether oxygens (including phenoxy) is 1. The largest absolute Gasteiger partial charge is 0.372 e. The van der Waals surface area contributed by atoms with Crippen molar-refractivity contribution in [2.24, 2.45) is 5.92 Å². The van der Waals surface area contributed by atoms with E-state index in [1.807, 2.05) is 18.0 Å². The molecule has 0 radical (unpaired) electrons. The maximum Gasteiger partial charge on any atom is 0.317 e. The molecule has 2 rings (SSSR count). The van der Waals surface area contributed by atoms with Crippen LogP contribution in [0.5, 0.6) is 0 Å². The van der Waals surface area contributed by atoms with Gasteiger partial charge >= 0.3 is 6.03 Å². The minimum atomic E-state index is -0.213. The molecule has 0 aromatic carbocycles. The first-order chi connectivity index (χ1) is 10.4. The summed E-state index contributed by atoms with van der Waals surface area (Å²) in [5, 5.41) is 3.04. The monoisotopic (exact) mass is 308 g/mol. The van der Waals surface area contributed by atoms with Crippen LogP contribution in [0, 0.1) is 12.8 Å². The highest BCUT2D eigenvalue weighted by Gasteiger charge is 2.32. The second-order valence-corrected chi connectivity index (χ2v) is 6.49. The Kier molecular flexibility index (Phi) is 5.45. The van der Waals surface area contributed by atoms with Crippen LogP contribution in [0.4, 0.5) is 4.79 Å². The average molecular weight is 308 g/mol. The van der Waals surface area contributed by atoms with Crippen LogP contribution in [0.3, 0.4) is 0 Å². The Bertz CT molecular complexity index is 502. The Morgan fingerprint density at radius 3 is 3.00 bits per heavy atom. The van der Waals surface area contributed by atoms with Gasteiger partial charge in [0.2, 0.25) is 0 Å². The van der Waals surface area contributed by atoms with Crippen LogP contribution in [0.1, 0.15) is 33.0 Å². The van der Waals surface area contributed by atoms with E-state index in [1.165, 1.54) is 0 Å². The van der Waals surface area contributed by atoms with Gasteiger partial charge in [0.1, 0.15) is 5.82 Å². The van der Waals surface area contributed by atoms with Crippen molar-refractivity contribution < 1.29 is 9.53 Å². The second kappa shape index (κ2) is 7.13. The molecule has 0 aliphatic carbocycles. The molecule has 1 aromatic heterocycles. The number of amides is 2. The molecule has 1 aliphatic rings. The molecule has 1 saturated heterocycles. The molecule has 0 spiro atoms. The predicted molar refractivity (Wildman–Crippen MR) is 85.7 cm³/mol. The summed E-state index contributed by atoms with van der Waals surface area (Å²) in [5.74, 6) is 1.36. The summed E-state index contributed by atoms with van der Waals surface area (Å²) < 4.78 is 7.88. The number of hydrogen-bond donors (Lipinski definition) is 1.